The SMILES string of the molecule is CCn1cc(C(=O)NC[C@H]2OC[C@@H](n3cnc4c(N)ncnc43)[C@H](O)[C@@H]2O)cn1. The lowest BCUT2D eigenvalue weighted by Crippen LogP contribution is -2.54. The van der Waals surface area contributed by atoms with Gasteiger partial charge >= 0.3 is 0 Å². The number of fused-ring (bicyclic) bond motifs is 1. The first kappa shape index (κ1) is 19.2. The summed E-state index contributed by atoms with van der Waals surface area (Å²) in [6.07, 6.45) is 2.76. The van der Waals surface area contributed by atoms with E-state index in [2.05, 4.69) is 25.4 Å². The number of amides is 1. The predicted molar refractivity (Wildman–Crippen MR) is 101 cm³/mol. The summed E-state index contributed by atoms with van der Waals surface area (Å²) in [6.45, 7) is 2.72. The van der Waals surface area contributed by atoms with E-state index in [1.165, 1.54) is 18.9 Å². The number of aliphatic hydroxyl groups is 2. The van der Waals surface area contributed by atoms with Gasteiger partial charge in [-0.25, -0.2) is 15.0 Å². The molecule has 0 aliphatic carbocycles. The minimum Gasteiger partial charge on any atom is -0.388 e. The summed E-state index contributed by atoms with van der Waals surface area (Å²) in [5, 5.41) is 27.9. The molecular formula is C17H22N8O4. The lowest BCUT2D eigenvalue weighted by molar-refractivity contribution is -0.155. The minimum absolute atomic E-state index is 0.0425. The number of hydrogen-bond acceptors (Lipinski definition) is 9. The maximum Gasteiger partial charge on any atom is 0.254 e. The van der Waals surface area contributed by atoms with Crippen LogP contribution in [-0.2, 0) is 11.3 Å². The van der Waals surface area contributed by atoms with E-state index in [-0.39, 0.29) is 24.9 Å². The van der Waals surface area contributed by atoms with Crippen molar-refractivity contribution in [2.24, 2.45) is 0 Å². The molecule has 1 aliphatic rings. The molecular weight excluding hydrogens is 380 g/mol. The van der Waals surface area contributed by atoms with Crippen molar-refractivity contribution in [2.75, 3.05) is 18.9 Å². The number of carbonyl (C=O) groups is 1. The Hall–Kier alpha value is -3.09. The van der Waals surface area contributed by atoms with E-state index in [0.29, 0.717) is 23.3 Å². The molecule has 12 heteroatoms. The summed E-state index contributed by atoms with van der Waals surface area (Å²) in [5.74, 6) is -0.0996. The van der Waals surface area contributed by atoms with Gasteiger partial charge in [-0.1, -0.05) is 0 Å². The highest BCUT2D eigenvalue weighted by Gasteiger charge is 2.40. The monoisotopic (exact) mass is 402 g/mol. The molecule has 5 N–H and O–H groups in total. The van der Waals surface area contributed by atoms with Crippen LogP contribution in [0, 0.1) is 0 Å². The first-order chi connectivity index (χ1) is 14.0. The normalized spacial score (nSPS) is 24.7. The van der Waals surface area contributed by atoms with Crippen molar-refractivity contribution < 1.29 is 19.7 Å². The second-order valence-corrected chi connectivity index (χ2v) is 6.80. The van der Waals surface area contributed by atoms with Crippen molar-refractivity contribution >= 4 is 22.9 Å². The molecule has 1 amide bonds. The number of aliphatic hydroxyl groups excluding tert-OH is 2. The lowest BCUT2D eigenvalue weighted by Gasteiger charge is -2.38. The first-order valence-electron chi connectivity index (χ1n) is 9.21. The summed E-state index contributed by atoms with van der Waals surface area (Å²) in [5.41, 5.74) is 7.06. The molecule has 1 fully saturated rings. The number of nitrogens with one attached hydrogen (secondary N) is 1. The van der Waals surface area contributed by atoms with E-state index in [1.54, 1.807) is 15.4 Å². The van der Waals surface area contributed by atoms with Crippen molar-refractivity contribution in [3.63, 3.8) is 0 Å². The summed E-state index contributed by atoms with van der Waals surface area (Å²) < 4.78 is 8.97. The van der Waals surface area contributed by atoms with Gasteiger partial charge in [0.05, 0.1) is 30.7 Å². The van der Waals surface area contributed by atoms with Gasteiger partial charge < -0.3 is 30.6 Å². The maximum absolute atomic E-state index is 12.2. The number of nitrogens with zero attached hydrogens (tertiary/aromatic N) is 6. The Kier molecular flexibility index (Phi) is 5.13. The van der Waals surface area contributed by atoms with Gasteiger partial charge in [0.25, 0.3) is 5.91 Å². The van der Waals surface area contributed by atoms with E-state index in [9.17, 15) is 15.0 Å². The number of aromatic nitrogens is 6. The van der Waals surface area contributed by atoms with Crippen LogP contribution in [0.4, 0.5) is 5.82 Å². The molecule has 154 valence electrons. The Bertz CT molecular complexity index is 1020. The van der Waals surface area contributed by atoms with Crippen molar-refractivity contribution in [3.05, 3.63) is 30.6 Å². The summed E-state index contributed by atoms with van der Waals surface area (Å²) in [4.78, 5) is 24.4. The number of hydrogen-bond donors (Lipinski definition) is 4. The van der Waals surface area contributed by atoms with Crippen LogP contribution in [-0.4, -0.2) is 76.9 Å². The fraction of sp³-hybridized carbons (Fsp3) is 0.471. The number of imidazole rings is 1. The molecule has 4 atom stereocenters. The van der Waals surface area contributed by atoms with Gasteiger partial charge in [0.1, 0.15) is 30.2 Å². The molecule has 0 aromatic carbocycles. The average Bonchev–Trinajstić information content (AvgIpc) is 3.37. The minimum atomic E-state index is -1.22. The molecule has 0 radical (unpaired) electrons. The van der Waals surface area contributed by atoms with E-state index in [1.807, 2.05) is 6.92 Å². The zero-order chi connectivity index (χ0) is 20.5. The molecule has 12 nitrogen and oxygen atoms in total. The number of rotatable bonds is 5. The van der Waals surface area contributed by atoms with Crippen LogP contribution < -0.4 is 11.1 Å². The third kappa shape index (κ3) is 3.52. The van der Waals surface area contributed by atoms with Crippen LogP contribution in [0.25, 0.3) is 11.2 Å². The second kappa shape index (κ2) is 7.73. The molecule has 1 saturated heterocycles. The topological polar surface area (TPSA) is 166 Å². The molecule has 3 aromatic heterocycles. The lowest BCUT2D eigenvalue weighted by atomic mass is 9.97. The number of aryl methyl sites for hydroxylation is 1. The molecule has 0 unspecified atom stereocenters. The van der Waals surface area contributed by atoms with Crippen LogP contribution in [0.15, 0.2) is 25.0 Å². The van der Waals surface area contributed by atoms with Gasteiger partial charge in [0.2, 0.25) is 0 Å². The van der Waals surface area contributed by atoms with E-state index >= 15 is 0 Å². The van der Waals surface area contributed by atoms with Gasteiger partial charge in [-0.3, -0.25) is 9.48 Å². The van der Waals surface area contributed by atoms with Gasteiger partial charge in [0.15, 0.2) is 11.5 Å². The van der Waals surface area contributed by atoms with Gasteiger partial charge in [-0.15, -0.1) is 0 Å². The highest BCUT2D eigenvalue weighted by Crippen LogP contribution is 2.28. The molecule has 4 rings (SSSR count). The fourth-order valence-corrected chi connectivity index (χ4v) is 3.35. The number of ether oxygens (including phenoxy) is 1. The first-order valence-corrected chi connectivity index (χ1v) is 9.21. The summed E-state index contributed by atoms with van der Waals surface area (Å²) >= 11 is 0. The number of nitrogens with two attached hydrogens (primary N) is 1. The number of nitrogen functional groups attached to an aromatic ring is 1. The van der Waals surface area contributed by atoms with Crippen molar-refractivity contribution in [1.82, 2.24) is 34.6 Å². The van der Waals surface area contributed by atoms with Gasteiger partial charge in [-0.05, 0) is 6.92 Å². The molecule has 0 saturated carbocycles. The quantitative estimate of drug-likeness (QED) is 0.406. The smallest absolute Gasteiger partial charge is 0.254 e. The average molecular weight is 402 g/mol. The van der Waals surface area contributed by atoms with Crippen LogP contribution in [0.5, 0.6) is 0 Å². The standard InChI is InChI=1S/C17H22N8O4/c1-2-24-5-9(3-23-24)17(28)19-4-11-14(27)13(26)10(6-29-11)25-8-22-12-15(18)20-7-21-16(12)25/h3,5,7-8,10-11,13-14,26-27H,2,4,6H2,1H3,(H,19,28)(H2,18,20,21)/t10-,11-,13+,14-/m1/s1. The van der Waals surface area contributed by atoms with Crippen LogP contribution in [0.3, 0.4) is 0 Å². The molecule has 0 bridgehead atoms. The zero-order valence-electron chi connectivity index (χ0n) is 15.7. The Labute approximate surface area is 165 Å². The Morgan fingerprint density at radius 3 is 2.93 bits per heavy atom. The highest BCUT2D eigenvalue weighted by molar-refractivity contribution is 5.93. The van der Waals surface area contributed by atoms with Gasteiger partial charge in [0, 0.05) is 19.3 Å². The highest BCUT2D eigenvalue weighted by atomic mass is 16.5. The number of anilines is 1. The Morgan fingerprint density at radius 1 is 1.34 bits per heavy atom. The summed E-state index contributed by atoms with van der Waals surface area (Å²) in [7, 11) is 0. The molecule has 29 heavy (non-hydrogen) atoms. The summed E-state index contributed by atoms with van der Waals surface area (Å²) in [6, 6.07) is -0.612. The molecule has 3 aromatic rings. The zero-order valence-corrected chi connectivity index (χ0v) is 15.7. The fourth-order valence-electron chi connectivity index (χ4n) is 3.35. The molecule has 1 aliphatic heterocycles. The van der Waals surface area contributed by atoms with Gasteiger partial charge in [-0.2, -0.15) is 5.10 Å². The van der Waals surface area contributed by atoms with Crippen molar-refractivity contribution in [3.8, 4) is 0 Å². The van der Waals surface area contributed by atoms with E-state index < -0.39 is 24.4 Å². The third-order valence-electron chi connectivity index (χ3n) is 5.03. The maximum atomic E-state index is 12.2. The third-order valence-corrected chi connectivity index (χ3v) is 5.03. The predicted octanol–water partition coefficient (Wildman–Crippen LogP) is -1.28. The molecule has 4 heterocycles. The van der Waals surface area contributed by atoms with E-state index in [4.69, 9.17) is 10.5 Å². The van der Waals surface area contributed by atoms with E-state index in [0.717, 1.165) is 0 Å². The van der Waals surface area contributed by atoms with Crippen LogP contribution in [0.2, 0.25) is 0 Å². The van der Waals surface area contributed by atoms with Crippen LogP contribution in [0.1, 0.15) is 23.3 Å². The van der Waals surface area contributed by atoms with Crippen molar-refractivity contribution in [1.29, 1.82) is 0 Å². The van der Waals surface area contributed by atoms with Crippen LogP contribution >= 0.6 is 0 Å². The van der Waals surface area contributed by atoms with Crippen molar-refractivity contribution in [2.45, 2.75) is 37.8 Å². The molecule has 0 spiro atoms. The Balaban J connectivity index is 1.42. The number of carbonyl (C=O) groups excluding carboxylic acids is 1. The Morgan fingerprint density at radius 2 is 2.17 bits per heavy atom. The second-order valence-electron chi connectivity index (χ2n) is 6.80. The largest absolute Gasteiger partial charge is 0.388 e.